The van der Waals surface area contributed by atoms with Crippen molar-refractivity contribution in [3.05, 3.63) is 57.5 Å². The van der Waals surface area contributed by atoms with Crippen LogP contribution in [0.5, 0.6) is 0 Å². The number of hydrogen-bond donors (Lipinski definition) is 1. The largest absolute Gasteiger partial charge is 0.416 e. The summed E-state index contributed by atoms with van der Waals surface area (Å²) in [7, 11) is 0. The second-order valence-electron chi connectivity index (χ2n) is 6.59. The predicted octanol–water partition coefficient (Wildman–Crippen LogP) is 3.03. The number of nitrogens with zero attached hydrogens (tertiary/aromatic N) is 2. The van der Waals surface area contributed by atoms with Crippen LogP contribution >= 0.6 is 0 Å². The minimum Gasteiger partial charge on any atom is -0.324 e. The van der Waals surface area contributed by atoms with E-state index in [-0.39, 0.29) is 12.2 Å². The predicted molar refractivity (Wildman–Crippen MR) is 89.8 cm³/mol. The topological polar surface area (TPSA) is 64.0 Å². The van der Waals surface area contributed by atoms with Crippen LogP contribution in [0.1, 0.15) is 30.2 Å². The lowest BCUT2D eigenvalue weighted by Gasteiger charge is -2.20. The molecule has 1 aliphatic rings. The van der Waals surface area contributed by atoms with Gasteiger partial charge >= 0.3 is 6.18 Å². The number of amides is 1. The Morgan fingerprint density at radius 2 is 2.12 bits per heavy atom. The van der Waals surface area contributed by atoms with Crippen LogP contribution in [0.15, 0.2) is 35.1 Å². The number of nitrogens with one attached hydrogen (secondary N) is 1. The van der Waals surface area contributed by atoms with Crippen molar-refractivity contribution in [1.29, 1.82) is 0 Å². The van der Waals surface area contributed by atoms with Gasteiger partial charge in [0, 0.05) is 11.8 Å². The third-order valence-electron chi connectivity index (χ3n) is 4.37. The first-order chi connectivity index (χ1) is 12.2. The lowest BCUT2D eigenvalue weighted by molar-refractivity contribution is -0.137. The van der Waals surface area contributed by atoms with Crippen molar-refractivity contribution in [2.24, 2.45) is 5.92 Å². The van der Waals surface area contributed by atoms with Crippen LogP contribution in [-0.4, -0.2) is 15.7 Å². The Labute approximate surface area is 147 Å². The van der Waals surface area contributed by atoms with Gasteiger partial charge in [0.15, 0.2) is 0 Å². The fourth-order valence-corrected chi connectivity index (χ4v) is 3.04. The Bertz CT molecular complexity index is 890. The van der Waals surface area contributed by atoms with Crippen molar-refractivity contribution in [3.8, 4) is 0 Å². The first-order valence-electron chi connectivity index (χ1n) is 8.29. The zero-order chi connectivity index (χ0) is 18.9. The number of fused-ring (bicyclic) bond motifs is 1. The molecule has 0 bridgehead atoms. The number of benzene rings is 1. The summed E-state index contributed by atoms with van der Waals surface area (Å²) in [5.74, 6) is -0.119. The lowest BCUT2D eigenvalue weighted by atomic mass is 9.88. The van der Waals surface area contributed by atoms with Gasteiger partial charge in [-0.15, -0.1) is 0 Å². The van der Waals surface area contributed by atoms with Crippen LogP contribution < -0.4 is 10.9 Å². The van der Waals surface area contributed by atoms with E-state index in [4.69, 9.17) is 0 Å². The van der Waals surface area contributed by atoms with E-state index in [0.29, 0.717) is 5.92 Å². The lowest BCUT2D eigenvalue weighted by Crippen LogP contribution is -2.32. The Morgan fingerprint density at radius 1 is 1.35 bits per heavy atom. The summed E-state index contributed by atoms with van der Waals surface area (Å²) in [6.07, 6.45) is -2.00. The maximum atomic E-state index is 12.7. The Kier molecular flexibility index (Phi) is 4.84. The summed E-state index contributed by atoms with van der Waals surface area (Å²) >= 11 is 0. The molecule has 5 nitrogen and oxygen atoms in total. The number of alkyl halides is 3. The summed E-state index contributed by atoms with van der Waals surface area (Å²) in [6, 6.07) is 5.84. The Morgan fingerprint density at radius 3 is 2.85 bits per heavy atom. The molecule has 0 radical (unpaired) electrons. The van der Waals surface area contributed by atoms with E-state index in [1.807, 2.05) is 0 Å². The number of rotatable bonds is 3. The molecule has 1 heterocycles. The molecule has 2 aromatic rings. The van der Waals surface area contributed by atoms with E-state index in [2.05, 4.69) is 17.3 Å². The van der Waals surface area contributed by atoms with Crippen LogP contribution in [0.3, 0.4) is 0 Å². The van der Waals surface area contributed by atoms with Crippen molar-refractivity contribution in [2.75, 3.05) is 5.32 Å². The number of carbonyl (C=O) groups excluding carboxylic acids is 1. The van der Waals surface area contributed by atoms with Gasteiger partial charge in [-0.25, -0.2) is 4.68 Å². The monoisotopic (exact) mass is 365 g/mol. The van der Waals surface area contributed by atoms with E-state index in [1.165, 1.54) is 18.2 Å². The normalized spacial score (nSPS) is 16.8. The fraction of sp³-hybridized carbons (Fsp3) is 0.389. The molecule has 138 valence electrons. The second-order valence-corrected chi connectivity index (χ2v) is 6.59. The van der Waals surface area contributed by atoms with E-state index < -0.39 is 23.2 Å². The van der Waals surface area contributed by atoms with Crippen LogP contribution in [0.25, 0.3) is 0 Å². The zero-order valence-electron chi connectivity index (χ0n) is 14.1. The van der Waals surface area contributed by atoms with E-state index in [0.717, 1.165) is 47.3 Å². The maximum Gasteiger partial charge on any atom is 0.416 e. The molecule has 0 aliphatic heterocycles. The maximum absolute atomic E-state index is 12.7. The highest BCUT2D eigenvalue weighted by Crippen LogP contribution is 2.30. The SMILES string of the molecule is C[C@H]1CCc2nn(CC(=O)Nc3cccc(C(F)(F)F)c3)c(=O)cc2C1. The van der Waals surface area contributed by atoms with Crippen LogP contribution in [0.4, 0.5) is 18.9 Å². The molecule has 1 amide bonds. The number of hydrogen-bond acceptors (Lipinski definition) is 3. The third-order valence-corrected chi connectivity index (χ3v) is 4.37. The number of carbonyl (C=O) groups is 1. The molecule has 1 N–H and O–H groups in total. The molecule has 1 aromatic carbocycles. The molecule has 0 spiro atoms. The number of anilines is 1. The molecular weight excluding hydrogens is 347 g/mol. The van der Waals surface area contributed by atoms with E-state index in [9.17, 15) is 22.8 Å². The molecule has 26 heavy (non-hydrogen) atoms. The highest BCUT2D eigenvalue weighted by molar-refractivity contribution is 5.90. The van der Waals surface area contributed by atoms with Crippen molar-refractivity contribution in [2.45, 2.75) is 38.9 Å². The first-order valence-corrected chi connectivity index (χ1v) is 8.29. The summed E-state index contributed by atoms with van der Waals surface area (Å²) in [5.41, 5.74) is 0.480. The van der Waals surface area contributed by atoms with E-state index in [1.54, 1.807) is 0 Å². The van der Waals surface area contributed by atoms with Crippen molar-refractivity contribution >= 4 is 11.6 Å². The highest BCUT2D eigenvalue weighted by Gasteiger charge is 2.30. The number of aryl methyl sites for hydroxylation is 1. The van der Waals surface area contributed by atoms with Crippen LogP contribution in [0, 0.1) is 5.92 Å². The molecule has 1 aromatic heterocycles. The van der Waals surface area contributed by atoms with Gasteiger partial charge in [0.2, 0.25) is 5.91 Å². The van der Waals surface area contributed by atoms with Gasteiger partial charge in [-0.2, -0.15) is 18.3 Å². The molecule has 1 atom stereocenters. The second kappa shape index (κ2) is 6.93. The molecule has 0 fully saturated rings. The Balaban J connectivity index is 1.74. The van der Waals surface area contributed by atoms with Gasteiger partial charge in [0.05, 0.1) is 11.3 Å². The third kappa shape index (κ3) is 4.12. The molecule has 0 unspecified atom stereocenters. The fourth-order valence-electron chi connectivity index (χ4n) is 3.04. The van der Waals surface area contributed by atoms with Crippen molar-refractivity contribution in [3.63, 3.8) is 0 Å². The molecular formula is C18H18F3N3O2. The molecule has 3 rings (SSSR count). The number of halogens is 3. The first kappa shape index (κ1) is 18.2. The van der Waals surface area contributed by atoms with Crippen molar-refractivity contribution in [1.82, 2.24) is 9.78 Å². The molecule has 0 saturated carbocycles. The van der Waals surface area contributed by atoms with Gasteiger partial charge in [-0.3, -0.25) is 9.59 Å². The molecule has 8 heteroatoms. The summed E-state index contributed by atoms with van der Waals surface area (Å²) in [6.45, 7) is 1.76. The van der Waals surface area contributed by atoms with E-state index >= 15 is 0 Å². The zero-order valence-corrected chi connectivity index (χ0v) is 14.1. The highest BCUT2D eigenvalue weighted by atomic mass is 19.4. The molecule has 1 aliphatic carbocycles. The van der Waals surface area contributed by atoms with Crippen molar-refractivity contribution < 1.29 is 18.0 Å². The summed E-state index contributed by atoms with van der Waals surface area (Å²) in [4.78, 5) is 24.3. The minimum atomic E-state index is -4.49. The average Bonchev–Trinajstić information content (AvgIpc) is 2.55. The smallest absolute Gasteiger partial charge is 0.324 e. The van der Waals surface area contributed by atoms with Gasteiger partial charge < -0.3 is 5.32 Å². The standard InChI is InChI=1S/C18H18F3N3O2/c1-11-5-6-15-12(7-11)8-17(26)24(23-15)10-16(25)22-14-4-2-3-13(9-14)18(19,20)21/h2-4,8-9,11H,5-7,10H2,1H3,(H,22,25)/t11-/m0/s1. The van der Waals surface area contributed by atoms with Crippen LogP contribution in [-0.2, 0) is 30.4 Å². The number of aromatic nitrogens is 2. The van der Waals surface area contributed by atoms with Crippen LogP contribution in [0.2, 0.25) is 0 Å². The summed E-state index contributed by atoms with van der Waals surface area (Å²) < 4.78 is 39.2. The average molecular weight is 365 g/mol. The van der Waals surface area contributed by atoms with Gasteiger partial charge in [-0.05, 0) is 48.9 Å². The quantitative estimate of drug-likeness (QED) is 0.909. The summed E-state index contributed by atoms with van der Waals surface area (Å²) in [5, 5.41) is 6.63. The minimum absolute atomic E-state index is 0.0182. The van der Waals surface area contributed by atoms with Gasteiger partial charge in [-0.1, -0.05) is 13.0 Å². The van der Waals surface area contributed by atoms with Gasteiger partial charge in [0.25, 0.3) is 5.56 Å². The molecule has 0 saturated heterocycles. The van der Waals surface area contributed by atoms with Gasteiger partial charge in [0.1, 0.15) is 6.54 Å². The Hall–Kier alpha value is -2.64.